The summed E-state index contributed by atoms with van der Waals surface area (Å²) < 4.78 is 5.61. The van der Waals surface area contributed by atoms with Crippen LogP contribution in [0.25, 0.3) is 0 Å². The van der Waals surface area contributed by atoms with Gasteiger partial charge in [-0.3, -0.25) is 10.2 Å². The maximum Gasteiger partial charge on any atom is 0.265 e. The normalized spacial score (nSPS) is 10.5. The molecule has 0 radical (unpaired) electrons. The third-order valence-corrected chi connectivity index (χ3v) is 2.71. The van der Waals surface area contributed by atoms with Gasteiger partial charge in [-0.1, -0.05) is 6.07 Å². The number of amides is 1. The third kappa shape index (κ3) is 5.69. The molecular weight excluding hydrogens is 244 g/mol. The Hall–Kier alpha value is -1.63. The quantitative estimate of drug-likeness (QED) is 0.345. The minimum Gasteiger partial charge on any atom is -0.492 e. The van der Waals surface area contributed by atoms with E-state index in [2.05, 4.69) is 15.6 Å². The molecule has 0 aliphatic carbocycles. The Bertz CT molecular complexity index is 398. The first-order valence-electron chi connectivity index (χ1n) is 6.24. The number of likely N-dealkylation sites (N-methyl/N-ethyl adjacent to an activating group) is 2. The number of hydrogen-bond acceptors (Lipinski definition) is 5. The van der Waals surface area contributed by atoms with Gasteiger partial charge >= 0.3 is 0 Å². The van der Waals surface area contributed by atoms with E-state index < -0.39 is 0 Å². The van der Waals surface area contributed by atoms with Gasteiger partial charge in [-0.2, -0.15) is 0 Å². The average Bonchev–Trinajstić information content (AvgIpc) is 2.44. The number of nitrogens with zero attached hydrogens (tertiary/aromatic N) is 1. The standard InChI is InChI=1S/C13H22N4O2/c1-15-6-7-17(2)8-9-19-12-5-3-4-11(10-12)13(18)16-14/h3-5,10,15H,6-9,14H2,1-2H3,(H,16,18). The van der Waals surface area contributed by atoms with Crippen molar-refractivity contribution in [2.75, 3.05) is 40.3 Å². The summed E-state index contributed by atoms with van der Waals surface area (Å²) in [6, 6.07) is 6.95. The number of nitrogens with two attached hydrogens (primary N) is 1. The smallest absolute Gasteiger partial charge is 0.265 e. The number of hydrogen-bond donors (Lipinski definition) is 3. The summed E-state index contributed by atoms with van der Waals surface area (Å²) in [5.41, 5.74) is 2.59. The summed E-state index contributed by atoms with van der Waals surface area (Å²) in [5, 5.41) is 3.09. The summed E-state index contributed by atoms with van der Waals surface area (Å²) in [7, 11) is 3.97. The van der Waals surface area contributed by atoms with Crippen LogP contribution in [-0.2, 0) is 0 Å². The molecule has 0 aliphatic rings. The highest BCUT2D eigenvalue weighted by Gasteiger charge is 2.04. The molecule has 0 bridgehead atoms. The zero-order chi connectivity index (χ0) is 14.1. The van der Waals surface area contributed by atoms with E-state index in [0.29, 0.717) is 17.9 Å². The van der Waals surface area contributed by atoms with Crippen molar-refractivity contribution < 1.29 is 9.53 Å². The van der Waals surface area contributed by atoms with Crippen LogP contribution in [0.1, 0.15) is 10.4 Å². The van der Waals surface area contributed by atoms with Gasteiger partial charge < -0.3 is 15.0 Å². The van der Waals surface area contributed by atoms with Gasteiger partial charge in [-0.05, 0) is 32.3 Å². The summed E-state index contributed by atoms with van der Waals surface area (Å²) in [6.45, 7) is 3.32. The van der Waals surface area contributed by atoms with Crippen molar-refractivity contribution in [1.29, 1.82) is 0 Å². The van der Waals surface area contributed by atoms with Gasteiger partial charge in [0.25, 0.3) is 5.91 Å². The highest BCUT2D eigenvalue weighted by Crippen LogP contribution is 2.13. The predicted octanol–water partition coefficient (Wildman–Crippen LogP) is -0.180. The van der Waals surface area contributed by atoms with Gasteiger partial charge in [0.1, 0.15) is 12.4 Å². The van der Waals surface area contributed by atoms with Crippen molar-refractivity contribution in [2.24, 2.45) is 5.84 Å². The van der Waals surface area contributed by atoms with Gasteiger partial charge in [-0.15, -0.1) is 0 Å². The van der Waals surface area contributed by atoms with Gasteiger partial charge in [0.2, 0.25) is 0 Å². The SMILES string of the molecule is CNCCN(C)CCOc1cccc(C(=O)NN)c1. The van der Waals surface area contributed by atoms with E-state index in [1.807, 2.05) is 20.2 Å². The van der Waals surface area contributed by atoms with Crippen molar-refractivity contribution in [3.05, 3.63) is 29.8 Å². The maximum atomic E-state index is 11.4. The molecule has 0 aromatic heterocycles. The van der Waals surface area contributed by atoms with E-state index in [1.54, 1.807) is 18.2 Å². The van der Waals surface area contributed by atoms with E-state index in [0.717, 1.165) is 19.6 Å². The van der Waals surface area contributed by atoms with Gasteiger partial charge in [0.15, 0.2) is 0 Å². The second kappa shape index (κ2) is 8.47. The van der Waals surface area contributed by atoms with Crippen LogP contribution in [0, 0.1) is 0 Å². The van der Waals surface area contributed by atoms with E-state index in [1.165, 1.54) is 0 Å². The number of benzene rings is 1. The van der Waals surface area contributed by atoms with Crippen LogP contribution in [0.5, 0.6) is 5.75 Å². The Morgan fingerprint density at radius 3 is 2.89 bits per heavy atom. The molecule has 0 atom stereocenters. The molecule has 19 heavy (non-hydrogen) atoms. The monoisotopic (exact) mass is 266 g/mol. The lowest BCUT2D eigenvalue weighted by molar-refractivity contribution is 0.0953. The van der Waals surface area contributed by atoms with Crippen molar-refractivity contribution in [1.82, 2.24) is 15.6 Å². The maximum absolute atomic E-state index is 11.4. The van der Waals surface area contributed by atoms with Crippen LogP contribution >= 0.6 is 0 Å². The molecule has 1 aromatic carbocycles. The number of nitrogens with one attached hydrogen (secondary N) is 2. The Balaban J connectivity index is 2.39. The van der Waals surface area contributed by atoms with Crippen LogP contribution < -0.4 is 21.3 Å². The van der Waals surface area contributed by atoms with Gasteiger partial charge in [0.05, 0.1) is 0 Å². The Morgan fingerprint density at radius 1 is 1.42 bits per heavy atom. The first-order valence-corrected chi connectivity index (χ1v) is 6.24. The van der Waals surface area contributed by atoms with E-state index in [-0.39, 0.29) is 5.91 Å². The fourth-order valence-corrected chi connectivity index (χ4v) is 1.54. The lowest BCUT2D eigenvalue weighted by atomic mass is 10.2. The van der Waals surface area contributed by atoms with E-state index in [4.69, 9.17) is 10.6 Å². The van der Waals surface area contributed by atoms with Gasteiger partial charge in [0, 0.05) is 25.2 Å². The third-order valence-electron chi connectivity index (χ3n) is 2.71. The number of carbonyl (C=O) groups is 1. The second-order valence-corrected chi connectivity index (χ2v) is 4.26. The average molecular weight is 266 g/mol. The number of nitrogen functional groups attached to an aromatic ring is 1. The molecule has 0 aliphatic heterocycles. The Kier molecular flexibility index (Phi) is 6.88. The summed E-state index contributed by atoms with van der Waals surface area (Å²) in [6.07, 6.45) is 0. The molecule has 1 amide bonds. The molecule has 6 nitrogen and oxygen atoms in total. The predicted molar refractivity (Wildman–Crippen MR) is 75.0 cm³/mol. The largest absolute Gasteiger partial charge is 0.492 e. The number of ether oxygens (including phenoxy) is 1. The summed E-state index contributed by atoms with van der Waals surface area (Å²) in [5.74, 6) is 5.43. The molecule has 6 heteroatoms. The molecule has 1 rings (SSSR count). The first kappa shape index (κ1) is 15.4. The molecule has 0 saturated heterocycles. The van der Waals surface area contributed by atoms with Crippen molar-refractivity contribution in [3.8, 4) is 5.75 Å². The highest BCUT2D eigenvalue weighted by atomic mass is 16.5. The lowest BCUT2D eigenvalue weighted by Crippen LogP contribution is -2.31. The summed E-state index contributed by atoms with van der Waals surface area (Å²) in [4.78, 5) is 13.5. The van der Waals surface area contributed by atoms with Crippen LogP contribution in [0.3, 0.4) is 0 Å². The topological polar surface area (TPSA) is 79.6 Å². The van der Waals surface area contributed by atoms with Crippen molar-refractivity contribution in [3.63, 3.8) is 0 Å². The minimum absolute atomic E-state index is 0.323. The fourth-order valence-electron chi connectivity index (χ4n) is 1.54. The zero-order valence-electron chi connectivity index (χ0n) is 11.5. The Morgan fingerprint density at radius 2 is 2.21 bits per heavy atom. The lowest BCUT2D eigenvalue weighted by Gasteiger charge is -2.16. The molecule has 1 aromatic rings. The number of carbonyl (C=O) groups excluding carboxylic acids is 1. The molecule has 0 heterocycles. The van der Waals surface area contributed by atoms with E-state index in [9.17, 15) is 4.79 Å². The molecular formula is C13H22N4O2. The van der Waals surface area contributed by atoms with Crippen molar-refractivity contribution >= 4 is 5.91 Å². The molecule has 0 spiro atoms. The molecule has 0 saturated carbocycles. The first-order chi connectivity index (χ1) is 9.17. The molecule has 0 fully saturated rings. The molecule has 106 valence electrons. The van der Waals surface area contributed by atoms with Crippen LogP contribution in [-0.4, -0.2) is 51.1 Å². The minimum atomic E-state index is -0.323. The highest BCUT2D eigenvalue weighted by molar-refractivity contribution is 5.94. The second-order valence-electron chi connectivity index (χ2n) is 4.26. The Labute approximate surface area is 113 Å². The van der Waals surface area contributed by atoms with Crippen LogP contribution in [0.15, 0.2) is 24.3 Å². The molecule has 0 unspecified atom stereocenters. The fraction of sp³-hybridized carbons (Fsp3) is 0.462. The number of hydrazine groups is 1. The zero-order valence-corrected chi connectivity index (χ0v) is 11.5. The van der Waals surface area contributed by atoms with Gasteiger partial charge in [-0.25, -0.2) is 5.84 Å². The molecule has 4 N–H and O–H groups in total. The number of rotatable bonds is 8. The summed E-state index contributed by atoms with van der Waals surface area (Å²) >= 11 is 0. The van der Waals surface area contributed by atoms with Crippen LogP contribution in [0.2, 0.25) is 0 Å². The van der Waals surface area contributed by atoms with Crippen molar-refractivity contribution in [2.45, 2.75) is 0 Å². The van der Waals surface area contributed by atoms with E-state index >= 15 is 0 Å². The van der Waals surface area contributed by atoms with Crippen LogP contribution in [0.4, 0.5) is 0 Å².